The molecule has 0 radical (unpaired) electrons. The van der Waals surface area contributed by atoms with Gasteiger partial charge < -0.3 is 10.2 Å². The van der Waals surface area contributed by atoms with Crippen molar-refractivity contribution < 1.29 is 15.0 Å². The van der Waals surface area contributed by atoms with Gasteiger partial charge in [0, 0.05) is 6.08 Å². The highest BCUT2D eigenvalue weighted by molar-refractivity contribution is 5.80. The third-order valence-corrected chi connectivity index (χ3v) is 7.90. The number of carboxylic acid groups (broad SMARTS) is 1. The third-order valence-electron chi connectivity index (χ3n) is 7.90. The summed E-state index contributed by atoms with van der Waals surface area (Å²) < 4.78 is 0. The van der Waals surface area contributed by atoms with Crippen molar-refractivity contribution in [3.8, 4) is 0 Å². The van der Waals surface area contributed by atoms with Crippen LogP contribution in [0.25, 0.3) is 0 Å². The first-order chi connectivity index (χ1) is 13.2. The number of carbonyl (C=O) groups is 1. The monoisotopic (exact) mass is 386 g/mol. The Morgan fingerprint density at radius 1 is 1.21 bits per heavy atom. The minimum absolute atomic E-state index is 0.181. The van der Waals surface area contributed by atoms with Crippen molar-refractivity contribution >= 4 is 5.97 Å². The first-order valence-electron chi connectivity index (χ1n) is 11.1. The summed E-state index contributed by atoms with van der Waals surface area (Å²) in [6.07, 6.45) is 13.6. The zero-order valence-corrected chi connectivity index (χ0v) is 18.1. The molecule has 8 atom stereocenters. The molecule has 0 aliphatic heterocycles. The summed E-state index contributed by atoms with van der Waals surface area (Å²) in [5, 5.41) is 19.8. The number of rotatable bonds is 6. The fraction of sp³-hybridized carbons (Fsp3) is 0.720. The molecule has 3 aliphatic carbocycles. The van der Waals surface area contributed by atoms with Gasteiger partial charge in [0.1, 0.15) is 0 Å². The Labute approximate surface area is 170 Å². The van der Waals surface area contributed by atoms with Gasteiger partial charge in [0.05, 0.1) is 6.10 Å². The van der Waals surface area contributed by atoms with Crippen molar-refractivity contribution in [1.82, 2.24) is 0 Å². The van der Waals surface area contributed by atoms with Crippen LogP contribution in [0, 0.1) is 46.8 Å². The lowest BCUT2D eigenvalue weighted by Crippen LogP contribution is -2.49. The Kier molecular flexibility index (Phi) is 6.24. The molecule has 3 saturated carbocycles. The first-order valence-corrected chi connectivity index (χ1v) is 11.1. The smallest absolute Gasteiger partial charge is 0.328 e. The van der Waals surface area contributed by atoms with Crippen molar-refractivity contribution in [2.24, 2.45) is 46.8 Å². The zero-order chi connectivity index (χ0) is 20.6. The van der Waals surface area contributed by atoms with Crippen molar-refractivity contribution in [3.05, 3.63) is 36.0 Å². The van der Waals surface area contributed by atoms with Crippen LogP contribution in [0.1, 0.15) is 60.3 Å². The van der Waals surface area contributed by atoms with Crippen LogP contribution >= 0.6 is 0 Å². The maximum absolute atomic E-state index is 10.9. The Bertz CT molecular complexity index is 673. The zero-order valence-electron chi connectivity index (χ0n) is 18.1. The second-order valence-electron chi connectivity index (χ2n) is 10.3. The highest BCUT2D eigenvalue weighted by Crippen LogP contribution is 2.73. The predicted octanol–water partition coefficient (Wildman–Crippen LogP) is 5.47. The molecule has 3 rings (SSSR count). The number of hydrogen-bond donors (Lipinski definition) is 2. The van der Waals surface area contributed by atoms with Gasteiger partial charge in [0.15, 0.2) is 0 Å². The van der Waals surface area contributed by atoms with Crippen LogP contribution in [0.4, 0.5) is 0 Å². The molecule has 0 amide bonds. The van der Waals surface area contributed by atoms with Crippen molar-refractivity contribution in [2.75, 3.05) is 0 Å². The SMILES string of the molecule is C/C(=C/CC(C)C)[C@H]1[C@@H](/C=C/C=C/C(=O)O)[C@H]2[C@@H]([C@H]3C[C@]31C)[C@@H](O)CC[C@@H]2C. The van der Waals surface area contributed by atoms with Crippen LogP contribution in [0.3, 0.4) is 0 Å². The maximum Gasteiger partial charge on any atom is 0.328 e. The summed E-state index contributed by atoms with van der Waals surface area (Å²) in [5.74, 6) is 2.68. The Hall–Kier alpha value is -1.35. The van der Waals surface area contributed by atoms with E-state index >= 15 is 0 Å². The standard InChI is InChI=1S/C25H38O3/c1-15(2)10-11-17(4)24-18(8-6-7-9-21(27)28)22-16(3)12-13-20(26)23(22)19-14-25(19,24)5/h6-9,11,15-16,18-20,22-24,26H,10,12-14H2,1-5H3,(H,27,28)/b8-6+,9-7+,17-11-/t16-,18-,19+,20-,22-,23-,24-,25+/m0/s1. The van der Waals surface area contributed by atoms with E-state index < -0.39 is 5.97 Å². The van der Waals surface area contributed by atoms with Crippen LogP contribution in [-0.2, 0) is 4.79 Å². The van der Waals surface area contributed by atoms with Gasteiger partial charge in [0.25, 0.3) is 0 Å². The molecule has 0 aromatic heterocycles. The van der Waals surface area contributed by atoms with Crippen LogP contribution in [0.15, 0.2) is 36.0 Å². The number of hydrogen-bond acceptors (Lipinski definition) is 2. The lowest BCUT2D eigenvalue weighted by Gasteiger charge is -2.52. The molecule has 156 valence electrons. The molecule has 3 nitrogen and oxygen atoms in total. The number of carboxylic acids is 1. The number of allylic oxidation sites excluding steroid dienone is 5. The van der Waals surface area contributed by atoms with E-state index in [-0.39, 0.29) is 11.5 Å². The van der Waals surface area contributed by atoms with E-state index in [4.69, 9.17) is 5.11 Å². The van der Waals surface area contributed by atoms with Crippen LogP contribution < -0.4 is 0 Å². The predicted molar refractivity (Wildman–Crippen MR) is 114 cm³/mol. The van der Waals surface area contributed by atoms with E-state index in [1.165, 1.54) is 18.1 Å². The van der Waals surface area contributed by atoms with Gasteiger partial charge in [-0.1, -0.05) is 57.6 Å². The molecule has 0 aromatic rings. The van der Waals surface area contributed by atoms with E-state index in [0.29, 0.717) is 41.4 Å². The van der Waals surface area contributed by atoms with E-state index in [1.807, 2.05) is 6.08 Å². The summed E-state index contributed by atoms with van der Waals surface area (Å²) in [4.78, 5) is 10.8. The van der Waals surface area contributed by atoms with Gasteiger partial charge in [-0.3, -0.25) is 0 Å². The molecule has 28 heavy (non-hydrogen) atoms. The van der Waals surface area contributed by atoms with Crippen LogP contribution in [0.5, 0.6) is 0 Å². The minimum atomic E-state index is -0.911. The summed E-state index contributed by atoms with van der Waals surface area (Å²) in [7, 11) is 0. The highest BCUT2D eigenvalue weighted by atomic mass is 16.4. The molecule has 0 saturated heterocycles. The summed E-state index contributed by atoms with van der Waals surface area (Å²) in [6, 6.07) is 0. The number of aliphatic hydroxyl groups excluding tert-OH is 1. The molecule has 0 spiro atoms. The van der Waals surface area contributed by atoms with Gasteiger partial charge in [-0.15, -0.1) is 0 Å². The van der Waals surface area contributed by atoms with Crippen molar-refractivity contribution in [3.63, 3.8) is 0 Å². The molecule has 0 aromatic carbocycles. The number of aliphatic carboxylic acids is 1. The fourth-order valence-corrected chi connectivity index (χ4v) is 6.58. The molecular weight excluding hydrogens is 348 g/mol. The molecule has 0 unspecified atom stereocenters. The van der Waals surface area contributed by atoms with Gasteiger partial charge in [-0.2, -0.15) is 0 Å². The maximum atomic E-state index is 10.9. The van der Waals surface area contributed by atoms with Gasteiger partial charge in [-0.25, -0.2) is 4.79 Å². The average molecular weight is 387 g/mol. The summed E-state index contributed by atoms with van der Waals surface area (Å²) >= 11 is 0. The molecule has 0 bridgehead atoms. The lowest BCUT2D eigenvalue weighted by atomic mass is 9.53. The van der Waals surface area contributed by atoms with Crippen LogP contribution in [0.2, 0.25) is 0 Å². The summed E-state index contributed by atoms with van der Waals surface area (Å²) in [5.41, 5.74) is 1.75. The summed E-state index contributed by atoms with van der Waals surface area (Å²) in [6.45, 7) is 11.6. The van der Waals surface area contributed by atoms with Gasteiger partial charge in [0.2, 0.25) is 0 Å². The molecule has 2 N–H and O–H groups in total. The fourth-order valence-electron chi connectivity index (χ4n) is 6.58. The largest absolute Gasteiger partial charge is 0.478 e. The minimum Gasteiger partial charge on any atom is -0.478 e. The van der Waals surface area contributed by atoms with E-state index in [0.717, 1.165) is 19.3 Å². The van der Waals surface area contributed by atoms with Gasteiger partial charge in [-0.05, 0) is 79.4 Å². The third kappa shape index (κ3) is 4.01. The average Bonchev–Trinajstić information content (AvgIpc) is 3.30. The second-order valence-corrected chi connectivity index (χ2v) is 10.3. The molecule has 3 heteroatoms. The van der Waals surface area contributed by atoms with Crippen LogP contribution in [-0.4, -0.2) is 22.3 Å². The molecule has 3 fully saturated rings. The molecule has 0 heterocycles. The molecular formula is C25H38O3. The van der Waals surface area contributed by atoms with Crippen molar-refractivity contribution in [1.29, 1.82) is 0 Å². The topological polar surface area (TPSA) is 57.5 Å². The molecule has 3 aliphatic rings. The quantitative estimate of drug-likeness (QED) is 0.361. The van der Waals surface area contributed by atoms with E-state index in [1.54, 1.807) is 6.08 Å². The Morgan fingerprint density at radius 3 is 2.57 bits per heavy atom. The Balaban J connectivity index is 1.98. The second kappa shape index (κ2) is 8.18. The van der Waals surface area contributed by atoms with Gasteiger partial charge >= 0.3 is 5.97 Å². The number of fused-ring (bicyclic) bond motifs is 3. The van der Waals surface area contributed by atoms with Crippen molar-refractivity contribution in [2.45, 2.75) is 66.4 Å². The normalized spacial score (nSPS) is 43.4. The first kappa shape index (κ1) is 21.4. The van der Waals surface area contributed by atoms with E-state index in [9.17, 15) is 9.90 Å². The van der Waals surface area contributed by atoms with E-state index in [2.05, 4.69) is 46.8 Å². The highest BCUT2D eigenvalue weighted by Gasteiger charge is 2.68. The number of aliphatic hydroxyl groups is 1. The lowest BCUT2D eigenvalue weighted by molar-refractivity contribution is -0.131. The Morgan fingerprint density at radius 2 is 1.93 bits per heavy atom.